The molecule has 4 nitrogen and oxygen atoms in total. The van der Waals surface area contributed by atoms with E-state index in [1.54, 1.807) is 7.11 Å². The first kappa shape index (κ1) is 13.9. The molecule has 2 amide bonds. The van der Waals surface area contributed by atoms with E-state index >= 15 is 0 Å². The molecule has 0 unspecified atom stereocenters. The predicted molar refractivity (Wildman–Crippen MR) is 76.4 cm³/mol. The van der Waals surface area contributed by atoms with Crippen molar-refractivity contribution in [3.8, 4) is 0 Å². The van der Waals surface area contributed by atoms with Crippen molar-refractivity contribution in [2.75, 3.05) is 19.0 Å². The van der Waals surface area contributed by atoms with Gasteiger partial charge in [-0.25, -0.2) is 4.79 Å². The third-order valence-corrected chi connectivity index (χ3v) is 3.53. The van der Waals surface area contributed by atoms with Crippen LogP contribution in [0.2, 0.25) is 0 Å². The van der Waals surface area contributed by atoms with Crippen molar-refractivity contribution in [2.45, 2.75) is 38.1 Å². The molecule has 19 heavy (non-hydrogen) atoms. The van der Waals surface area contributed by atoms with Gasteiger partial charge in [0.25, 0.3) is 0 Å². The minimum Gasteiger partial charge on any atom is -0.384 e. The largest absolute Gasteiger partial charge is 0.384 e. The van der Waals surface area contributed by atoms with E-state index in [0.717, 1.165) is 30.5 Å². The summed E-state index contributed by atoms with van der Waals surface area (Å²) in [5.41, 5.74) is 1.97. The molecule has 1 saturated carbocycles. The van der Waals surface area contributed by atoms with Gasteiger partial charge in [0.2, 0.25) is 0 Å². The number of amides is 2. The maximum Gasteiger partial charge on any atom is 0.319 e. The van der Waals surface area contributed by atoms with Crippen LogP contribution in [0.1, 0.15) is 31.2 Å². The lowest BCUT2D eigenvalue weighted by atomic mass is 10.1. The highest BCUT2D eigenvalue weighted by molar-refractivity contribution is 5.90. The molecule has 1 aliphatic rings. The van der Waals surface area contributed by atoms with Gasteiger partial charge < -0.3 is 15.4 Å². The van der Waals surface area contributed by atoms with Gasteiger partial charge in [-0.3, -0.25) is 0 Å². The zero-order valence-corrected chi connectivity index (χ0v) is 11.4. The lowest BCUT2D eigenvalue weighted by Crippen LogP contribution is -2.36. The molecule has 0 heterocycles. The molecule has 0 radical (unpaired) electrons. The van der Waals surface area contributed by atoms with Crippen LogP contribution < -0.4 is 10.6 Å². The number of ether oxygens (including phenoxy) is 1. The zero-order chi connectivity index (χ0) is 13.5. The van der Waals surface area contributed by atoms with Crippen molar-refractivity contribution >= 4 is 11.7 Å². The van der Waals surface area contributed by atoms with Crippen LogP contribution in [-0.2, 0) is 11.2 Å². The Kier molecular flexibility index (Phi) is 5.21. The smallest absolute Gasteiger partial charge is 0.319 e. The van der Waals surface area contributed by atoms with Crippen LogP contribution in [0.3, 0.4) is 0 Å². The number of hydrogen-bond donors (Lipinski definition) is 2. The van der Waals surface area contributed by atoms with Crippen LogP contribution in [-0.4, -0.2) is 25.8 Å². The Morgan fingerprint density at radius 1 is 1.32 bits per heavy atom. The van der Waals surface area contributed by atoms with Gasteiger partial charge in [0.15, 0.2) is 0 Å². The highest BCUT2D eigenvalue weighted by atomic mass is 16.5. The van der Waals surface area contributed by atoms with Gasteiger partial charge in [0.1, 0.15) is 0 Å². The fourth-order valence-electron chi connectivity index (χ4n) is 2.49. The van der Waals surface area contributed by atoms with E-state index < -0.39 is 0 Å². The van der Waals surface area contributed by atoms with E-state index in [2.05, 4.69) is 10.6 Å². The minimum atomic E-state index is -0.100. The maximum absolute atomic E-state index is 11.9. The molecule has 1 aromatic carbocycles. The van der Waals surface area contributed by atoms with Gasteiger partial charge in [0.05, 0.1) is 6.61 Å². The molecule has 0 saturated heterocycles. The van der Waals surface area contributed by atoms with Gasteiger partial charge in [0, 0.05) is 18.8 Å². The molecule has 0 spiro atoms. The van der Waals surface area contributed by atoms with E-state index in [9.17, 15) is 4.79 Å². The van der Waals surface area contributed by atoms with Gasteiger partial charge in [-0.2, -0.15) is 0 Å². The molecule has 1 fully saturated rings. The summed E-state index contributed by atoms with van der Waals surface area (Å²) >= 11 is 0. The molecule has 2 N–H and O–H groups in total. The molecule has 0 aromatic heterocycles. The highest BCUT2D eigenvalue weighted by Gasteiger charge is 2.17. The topological polar surface area (TPSA) is 50.4 Å². The Hall–Kier alpha value is -1.55. The third-order valence-electron chi connectivity index (χ3n) is 3.53. The minimum absolute atomic E-state index is 0.100. The Balaban J connectivity index is 1.91. The Labute approximate surface area is 114 Å². The average Bonchev–Trinajstić information content (AvgIpc) is 2.90. The van der Waals surface area contributed by atoms with Crippen molar-refractivity contribution in [3.63, 3.8) is 0 Å². The molecule has 1 aromatic rings. The summed E-state index contributed by atoms with van der Waals surface area (Å²) in [4.78, 5) is 11.9. The van der Waals surface area contributed by atoms with Crippen LogP contribution in [0.4, 0.5) is 10.5 Å². The molecule has 0 bridgehead atoms. The van der Waals surface area contributed by atoms with Crippen molar-refractivity contribution < 1.29 is 9.53 Å². The molecule has 2 rings (SSSR count). The lowest BCUT2D eigenvalue weighted by Gasteiger charge is -2.15. The number of nitrogens with one attached hydrogen (secondary N) is 2. The quantitative estimate of drug-likeness (QED) is 0.857. The second kappa shape index (κ2) is 7.14. The number of anilines is 1. The summed E-state index contributed by atoms with van der Waals surface area (Å²) in [6, 6.07) is 8.10. The summed E-state index contributed by atoms with van der Waals surface area (Å²) in [6.45, 7) is 0.656. The molecule has 0 atom stereocenters. The number of carbonyl (C=O) groups is 1. The van der Waals surface area contributed by atoms with Crippen LogP contribution in [0.5, 0.6) is 0 Å². The maximum atomic E-state index is 11.9. The SMILES string of the molecule is COCCc1ccccc1NC(=O)NC1CCCC1. The summed E-state index contributed by atoms with van der Waals surface area (Å²) in [5.74, 6) is 0. The van der Waals surface area contributed by atoms with Crippen LogP contribution in [0.25, 0.3) is 0 Å². The summed E-state index contributed by atoms with van der Waals surface area (Å²) in [5, 5.41) is 5.97. The third kappa shape index (κ3) is 4.24. The van der Waals surface area contributed by atoms with E-state index in [1.165, 1.54) is 12.8 Å². The molecule has 104 valence electrons. The molecular weight excluding hydrogens is 240 g/mol. The lowest BCUT2D eigenvalue weighted by molar-refractivity contribution is 0.202. The second-order valence-corrected chi connectivity index (χ2v) is 4.98. The fourth-order valence-corrected chi connectivity index (χ4v) is 2.49. The molecule has 1 aliphatic carbocycles. The first-order chi connectivity index (χ1) is 9.29. The molecule has 0 aliphatic heterocycles. The van der Waals surface area contributed by atoms with Crippen molar-refractivity contribution in [2.24, 2.45) is 0 Å². The normalized spacial score (nSPS) is 15.4. The van der Waals surface area contributed by atoms with E-state index in [4.69, 9.17) is 4.74 Å². The van der Waals surface area contributed by atoms with Crippen LogP contribution in [0, 0.1) is 0 Å². The number of benzene rings is 1. The Bertz CT molecular complexity index is 414. The number of para-hydroxylation sites is 1. The van der Waals surface area contributed by atoms with E-state index in [1.807, 2.05) is 24.3 Å². The molecular formula is C15H22N2O2. The highest BCUT2D eigenvalue weighted by Crippen LogP contribution is 2.19. The Morgan fingerprint density at radius 2 is 2.05 bits per heavy atom. The van der Waals surface area contributed by atoms with E-state index in [0.29, 0.717) is 12.6 Å². The van der Waals surface area contributed by atoms with E-state index in [-0.39, 0.29) is 6.03 Å². The average molecular weight is 262 g/mol. The Morgan fingerprint density at radius 3 is 2.79 bits per heavy atom. The number of urea groups is 1. The number of methoxy groups -OCH3 is 1. The fraction of sp³-hybridized carbons (Fsp3) is 0.533. The second-order valence-electron chi connectivity index (χ2n) is 4.98. The number of hydrogen-bond acceptors (Lipinski definition) is 2. The standard InChI is InChI=1S/C15H22N2O2/c1-19-11-10-12-6-2-5-9-14(12)17-15(18)16-13-7-3-4-8-13/h2,5-6,9,13H,3-4,7-8,10-11H2,1H3,(H2,16,17,18). The van der Waals surface area contributed by atoms with Crippen molar-refractivity contribution in [3.05, 3.63) is 29.8 Å². The van der Waals surface area contributed by atoms with Gasteiger partial charge in [-0.15, -0.1) is 0 Å². The molecule has 4 heteroatoms. The van der Waals surface area contributed by atoms with Crippen LogP contribution >= 0.6 is 0 Å². The van der Waals surface area contributed by atoms with Gasteiger partial charge in [-0.05, 0) is 30.9 Å². The summed E-state index contributed by atoms with van der Waals surface area (Å²) < 4.78 is 5.09. The van der Waals surface area contributed by atoms with Crippen molar-refractivity contribution in [1.29, 1.82) is 0 Å². The van der Waals surface area contributed by atoms with Gasteiger partial charge >= 0.3 is 6.03 Å². The first-order valence-corrected chi connectivity index (χ1v) is 6.94. The number of rotatable bonds is 5. The monoisotopic (exact) mass is 262 g/mol. The number of carbonyl (C=O) groups excluding carboxylic acids is 1. The first-order valence-electron chi connectivity index (χ1n) is 6.94. The summed E-state index contributed by atoms with van der Waals surface area (Å²) in [7, 11) is 1.68. The van der Waals surface area contributed by atoms with Gasteiger partial charge in [-0.1, -0.05) is 31.0 Å². The summed E-state index contributed by atoms with van der Waals surface area (Å²) in [6.07, 6.45) is 5.43. The van der Waals surface area contributed by atoms with Crippen molar-refractivity contribution in [1.82, 2.24) is 5.32 Å². The zero-order valence-electron chi connectivity index (χ0n) is 11.4. The van der Waals surface area contributed by atoms with Crippen LogP contribution in [0.15, 0.2) is 24.3 Å². The predicted octanol–water partition coefficient (Wildman–Crippen LogP) is 2.94.